The fourth-order valence-electron chi connectivity index (χ4n) is 4.31. The van der Waals surface area contributed by atoms with Gasteiger partial charge in [0.2, 0.25) is 0 Å². The van der Waals surface area contributed by atoms with E-state index in [9.17, 15) is 9.59 Å². The summed E-state index contributed by atoms with van der Waals surface area (Å²) in [5.41, 5.74) is 4.75. The minimum absolute atomic E-state index is 0.0819. The van der Waals surface area contributed by atoms with Gasteiger partial charge in [-0.1, -0.05) is 0 Å². The van der Waals surface area contributed by atoms with Crippen LogP contribution in [0.25, 0.3) is 11.3 Å². The van der Waals surface area contributed by atoms with Crippen LogP contribution in [-0.4, -0.2) is 29.7 Å². The van der Waals surface area contributed by atoms with Crippen molar-refractivity contribution >= 4 is 11.3 Å². The molecule has 0 bridgehead atoms. The van der Waals surface area contributed by atoms with Gasteiger partial charge in [-0.3, -0.25) is 23.3 Å². The molecule has 32 heavy (non-hydrogen) atoms. The number of hydrogen-bond acceptors (Lipinski definition) is 5. The zero-order chi connectivity index (χ0) is 22.4. The molecule has 4 heterocycles. The molecule has 0 amide bonds. The lowest BCUT2D eigenvalue weighted by atomic mass is 10.1. The zero-order valence-corrected chi connectivity index (χ0v) is 18.7. The lowest BCUT2D eigenvalue weighted by molar-refractivity contribution is 0.168. The largest absolute Gasteiger partial charge is 0.289 e. The first kappa shape index (κ1) is 20.6. The Hall–Kier alpha value is -3.32. The summed E-state index contributed by atoms with van der Waals surface area (Å²) in [6, 6.07) is 11.2. The first-order valence-corrected chi connectivity index (χ1v) is 11.1. The van der Waals surface area contributed by atoms with Crippen LogP contribution in [0.2, 0.25) is 0 Å². The Morgan fingerprint density at radius 3 is 1.78 bits per heavy atom. The fraction of sp³-hybridized carbons (Fsp3) is 0.360. The third-order valence-electron chi connectivity index (χ3n) is 6.36. The molecule has 5 rings (SSSR count). The highest BCUT2D eigenvalue weighted by Crippen LogP contribution is 2.36. The van der Waals surface area contributed by atoms with Gasteiger partial charge in [-0.2, -0.15) is 0 Å². The smallest absolute Gasteiger partial charge is 0.258 e. The van der Waals surface area contributed by atoms with Crippen LogP contribution in [0.4, 0.5) is 0 Å². The first-order chi connectivity index (χ1) is 15.4. The highest BCUT2D eigenvalue weighted by molar-refractivity contribution is 5.42. The third-order valence-corrected chi connectivity index (χ3v) is 6.36. The molecular weight excluding hydrogens is 402 g/mol. The van der Waals surface area contributed by atoms with Crippen molar-refractivity contribution in [2.45, 2.75) is 52.7 Å². The summed E-state index contributed by atoms with van der Waals surface area (Å²) in [7, 11) is 0. The van der Waals surface area contributed by atoms with E-state index in [1.54, 1.807) is 33.3 Å². The van der Waals surface area contributed by atoms with Crippen molar-refractivity contribution in [2.24, 2.45) is 5.92 Å². The van der Waals surface area contributed by atoms with Crippen molar-refractivity contribution < 1.29 is 0 Å². The van der Waals surface area contributed by atoms with E-state index < -0.39 is 0 Å². The van der Waals surface area contributed by atoms with E-state index >= 15 is 0 Å². The zero-order valence-electron chi connectivity index (χ0n) is 18.7. The molecule has 0 saturated heterocycles. The molecule has 0 N–H and O–H groups in total. The minimum Gasteiger partial charge on any atom is -0.289 e. The van der Waals surface area contributed by atoms with Crippen LogP contribution < -0.4 is 11.1 Å². The molecule has 7 heteroatoms. The Labute approximate surface area is 186 Å². The highest BCUT2D eigenvalue weighted by Gasteiger charge is 2.32. The van der Waals surface area contributed by atoms with Crippen molar-refractivity contribution in [2.75, 3.05) is 0 Å². The molecule has 1 saturated carbocycles. The summed E-state index contributed by atoms with van der Waals surface area (Å²) >= 11 is 0. The SMILES string of the molecule is Cc1ccn2c(=O)cc(CN(Cc3cc(=O)n4ccc(C)cc4n3)[C@@H](C)C3CC3)nc2c1. The Bertz CT molecular complexity index is 1330. The molecule has 1 aliphatic rings. The molecule has 0 aliphatic heterocycles. The second-order valence-corrected chi connectivity index (χ2v) is 9.02. The van der Waals surface area contributed by atoms with Crippen LogP contribution in [0.3, 0.4) is 0 Å². The van der Waals surface area contributed by atoms with Gasteiger partial charge in [0, 0.05) is 43.7 Å². The van der Waals surface area contributed by atoms with E-state index in [4.69, 9.17) is 9.97 Å². The fourth-order valence-corrected chi connectivity index (χ4v) is 4.31. The molecule has 1 atom stereocenters. The van der Waals surface area contributed by atoms with Crippen molar-refractivity contribution in [3.63, 3.8) is 0 Å². The van der Waals surface area contributed by atoms with Gasteiger partial charge in [0.15, 0.2) is 0 Å². The van der Waals surface area contributed by atoms with Crippen LogP contribution in [0.15, 0.2) is 58.4 Å². The Morgan fingerprint density at radius 2 is 1.34 bits per heavy atom. The summed E-state index contributed by atoms with van der Waals surface area (Å²) in [5.74, 6) is 0.627. The van der Waals surface area contributed by atoms with E-state index in [0.29, 0.717) is 36.3 Å². The van der Waals surface area contributed by atoms with Crippen molar-refractivity contribution in [3.8, 4) is 0 Å². The van der Waals surface area contributed by atoms with Crippen molar-refractivity contribution in [3.05, 3.63) is 92.0 Å². The Morgan fingerprint density at radius 1 is 0.875 bits per heavy atom. The maximum atomic E-state index is 12.6. The standard InChI is InChI=1S/C25H27N5O2/c1-16-6-8-29-22(10-16)26-20(12-24(29)31)14-28(18(3)19-4-5-19)15-21-13-25(32)30-9-7-17(2)11-23(30)27-21/h6-13,18-19H,4-5,14-15H2,1-3H3/t18-/m0/s1. The average molecular weight is 430 g/mol. The molecule has 4 aromatic heterocycles. The quantitative estimate of drug-likeness (QED) is 0.471. The molecule has 0 spiro atoms. The van der Waals surface area contributed by atoms with Crippen LogP contribution in [0, 0.1) is 19.8 Å². The number of fused-ring (bicyclic) bond motifs is 2. The van der Waals surface area contributed by atoms with E-state index in [-0.39, 0.29) is 11.1 Å². The predicted octanol–water partition coefficient (Wildman–Crippen LogP) is 3.12. The van der Waals surface area contributed by atoms with E-state index in [1.807, 2.05) is 38.1 Å². The Kier molecular flexibility index (Phi) is 5.13. The van der Waals surface area contributed by atoms with Crippen LogP contribution in [0.1, 0.15) is 42.3 Å². The second kappa shape index (κ2) is 7.98. The number of hydrogen-bond donors (Lipinski definition) is 0. The van der Waals surface area contributed by atoms with Crippen molar-refractivity contribution in [1.82, 2.24) is 23.7 Å². The van der Waals surface area contributed by atoms with Gasteiger partial charge in [-0.05, 0) is 74.9 Å². The summed E-state index contributed by atoms with van der Waals surface area (Å²) in [6.45, 7) is 7.27. The summed E-state index contributed by atoms with van der Waals surface area (Å²) < 4.78 is 3.14. The minimum atomic E-state index is -0.0819. The monoisotopic (exact) mass is 429 g/mol. The lowest BCUT2D eigenvalue weighted by Crippen LogP contribution is -2.35. The van der Waals surface area contributed by atoms with Gasteiger partial charge >= 0.3 is 0 Å². The maximum Gasteiger partial charge on any atom is 0.258 e. The van der Waals surface area contributed by atoms with E-state index in [1.165, 1.54) is 12.8 Å². The lowest BCUT2D eigenvalue weighted by Gasteiger charge is -2.28. The number of aryl methyl sites for hydroxylation is 2. The molecule has 7 nitrogen and oxygen atoms in total. The van der Waals surface area contributed by atoms with Gasteiger partial charge in [0.25, 0.3) is 11.1 Å². The molecule has 164 valence electrons. The van der Waals surface area contributed by atoms with Gasteiger partial charge < -0.3 is 0 Å². The van der Waals surface area contributed by atoms with Crippen LogP contribution in [-0.2, 0) is 13.1 Å². The number of aromatic nitrogens is 4. The van der Waals surface area contributed by atoms with Gasteiger partial charge in [-0.25, -0.2) is 9.97 Å². The molecule has 4 aromatic rings. The van der Waals surface area contributed by atoms with Gasteiger partial charge in [0.1, 0.15) is 11.3 Å². The van der Waals surface area contributed by atoms with Crippen molar-refractivity contribution in [1.29, 1.82) is 0 Å². The first-order valence-electron chi connectivity index (χ1n) is 11.1. The van der Waals surface area contributed by atoms with E-state index in [0.717, 1.165) is 22.5 Å². The van der Waals surface area contributed by atoms with Gasteiger partial charge in [-0.15, -0.1) is 0 Å². The summed E-state index contributed by atoms with van der Waals surface area (Å²) in [4.78, 5) is 37.1. The third kappa shape index (κ3) is 4.08. The molecular formula is C25H27N5O2. The number of rotatable bonds is 6. The molecule has 1 fully saturated rings. The summed E-state index contributed by atoms with van der Waals surface area (Å²) in [5, 5.41) is 0. The Balaban J connectivity index is 1.50. The molecule has 1 aliphatic carbocycles. The molecule has 0 aromatic carbocycles. The maximum absolute atomic E-state index is 12.6. The van der Waals surface area contributed by atoms with E-state index in [2.05, 4.69) is 11.8 Å². The highest BCUT2D eigenvalue weighted by atomic mass is 16.1. The normalized spacial score (nSPS) is 15.0. The van der Waals surface area contributed by atoms with Crippen LogP contribution in [0.5, 0.6) is 0 Å². The second-order valence-electron chi connectivity index (χ2n) is 9.02. The number of pyridine rings is 2. The van der Waals surface area contributed by atoms with Gasteiger partial charge in [0.05, 0.1) is 11.4 Å². The number of nitrogens with zero attached hydrogens (tertiary/aromatic N) is 5. The van der Waals surface area contributed by atoms with Crippen LogP contribution >= 0.6 is 0 Å². The molecule has 0 radical (unpaired) electrons. The molecule has 0 unspecified atom stereocenters. The average Bonchev–Trinajstić information content (AvgIpc) is 3.57. The predicted molar refractivity (Wildman–Crippen MR) is 124 cm³/mol. The topological polar surface area (TPSA) is 72.0 Å². The summed E-state index contributed by atoms with van der Waals surface area (Å²) in [6.07, 6.45) is 5.95.